The van der Waals surface area contributed by atoms with E-state index in [2.05, 4.69) is 0 Å². The number of ketones is 1. The molecule has 2 aromatic carbocycles. The minimum Gasteiger partial charge on any atom is -0.507 e. The molecule has 2 aliphatic carbocycles. The summed E-state index contributed by atoms with van der Waals surface area (Å²) in [7, 11) is 0. The van der Waals surface area contributed by atoms with Gasteiger partial charge in [0.2, 0.25) is 0 Å². The number of benzene rings is 2. The Morgan fingerprint density at radius 2 is 1.03 bits per heavy atom. The smallest absolute Gasteiger partial charge is 0.423 e. The number of aromatic hydroxyl groups is 4. The number of hydrogen-bond donors (Lipinski definition) is 4. The molecule has 5 nitrogen and oxygen atoms in total. The molecule has 11 heteroatoms. The van der Waals surface area contributed by atoms with Crippen molar-refractivity contribution in [1.29, 1.82) is 0 Å². The van der Waals surface area contributed by atoms with E-state index in [0.29, 0.717) is 25.7 Å². The standard InChI is InChI=1S/C25H24F6O5/c26-24(27,28)19-17(32)7-5-13(22(19)35)15(9-11-1-2-11)21(34)16(10-12-3-4-12)14-6-8-18(33)20(23(14)36)25(29,30)31/h5-8,11-12,15-16,32-33,35-36H,1-4,9-10H2. The van der Waals surface area contributed by atoms with E-state index >= 15 is 0 Å². The predicted molar refractivity (Wildman–Crippen MR) is 115 cm³/mol. The van der Waals surface area contributed by atoms with Crippen molar-refractivity contribution in [2.75, 3.05) is 0 Å². The molecule has 2 saturated carbocycles. The van der Waals surface area contributed by atoms with Gasteiger partial charge in [-0.05, 0) is 36.8 Å². The van der Waals surface area contributed by atoms with Gasteiger partial charge in [-0.3, -0.25) is 4.79 Å². The Labute approximate surface area is 202 Å². The summed E-state index contributed by atoms with van der Waals surface area (Å²) in [5, 5.41) is 40.4. The molecular weight excluding hydrogens is 494 g/mol. The van der Waals surface area contributed by atoms with E-state index in [9.17, 15) is 51.6 Å². The fourth-order valence-corrected chi connectivity index (χ4v) is 4.72. The van der Waals surface area contributed by atoms with Gasteiger partial charge in [-0.1, -0.05) is 37.8 Å². The van der Waals surface area contributed by atoms with Gasteiger partial charge in [-0.2, -0.15) is 26.3 Å². The molecule has 0 aliphatic heterocycles. The summed E-state index contributed by atoms with van der Waals surface area (Å²) >= 11 is 0. The first kappa shape index (κ1) is 26.0. The van der Waals surface area contributed by atoms with E-state index in [1.807, 2.05) is 0 Å². The van der Waals surface area contributed by atoms with Crippen molar-refractivity contribution < 1.29 is 51.6 Å². The van der Waals surface area contributed by atoms with Gasteiger partial charge in [-0.25, -0.2) is 0 Å². The van der Waals surface area contributed by atoms with Gasteiger partial charge in [0.05, 0.1) is 0 Å². The topological polar surface area (TPSA) is 98.0 Å². The molecule has 0 saturated heterocycles. The van der Waals surface area contributed by atoms with Crippen LogP contribution in [0, 0.1) is 11.8 Å². The maximum Gasteiger partial charge on any atom is 0.423 e. The molecule has 0 amide bonds. The van der Waals surface area contributed by atoms with Crippen molar-refractivity contribution in [2.45, 2.75) is 62.7 Å². The van der Waals surface area contributed by atoms with Crippen LogP contribution in [0.25, 0.3) is 0 Å². The number of halogens is 6. The van der Waals surface area contributed by atoms with Gasteiger partial charge >= 0.3 is 12.4 Å². The Bertz CT molecular complexity index is 1080. The largest absolute Gasteiger partial charge is 0.507 e. The monoisotopic (exact) mass is 518 g/mol. The minimum absolute atomic E-state index is 0.0257. The quantitative estimate of drug-likeness (QED) is 0.296. The SMILES string of the molecule is O=C(C(CC1CC1)c1ccc(O)c(C(F)(F)F)c1O)C(CC1CC1)c1ccc(O)c(C(F)(F)F)c1O. The maximum absolute atomic E-state index is 13.9. The molecule has 0 heterocycles. The van der Waals surface area contributed by atoms with Gasteiger partial charge in [0.1, 0.15) is 39.9 Å². The van der Waals surface area contributed by atoms with Crippen molar-refractivity contribution >= 4 is 5.78 Å². The molecule has 4 N–H and O–H groups in total. The van der Waals surface area contributed by atoms with Crippen molar-refractivity contribution in [3.05, 3.63) is 46.5 Å². The Hall–Kier alpha value is -3.11. The van der Waals surface area contributed by atoms with Crippen LogP contribution < -0.4 is 0 Å². The second-order valence-electron chi connectivity index (χ2n) is 9.66. The molecule has 196 valence electrons. The maximum atomic E-state index is 13.9. The molecule has 0 radical (unpaired) electrons. The lowest BCUT2D eigenvalue weighted by molar-refractivity contribution is -0.141. The second kappa shape index (κ2) is 9.08. The van der Waals surface area contributed by atoms with Gasteiger partial charge in [-0.15, -0.1) is 0 Å². The molecule has 2 unspecified atom stereocenters. The summed E-state index contributed by atoms with van der Waals surface area (Å²) in [5.41, 5.74) is -4.15. The molecule has 0 bridgehead atoms. The zero-order valence-corrected chi connectivity index (χ0v) is 18.8. The molecule has 2 atom stereocenters. The van der Waals surface area contributed by atoms with Crippen LogP contribution >= 0.6 is 0 Å². The average molecular weight is 518 g/mol. The molecule has 4 rings (SSSR count). The first-order valence-electron chi connectivity index (χ1n) is 11.5. The lowest BCUT2D eigenvalue weighted by atomic mass is 9.77. The van der Waals surface area contributed by atoms with E-state index in [0.717, 1.165) is 24.3 Å². The van der Waals surface area contributed by atoms with Crippen LogP contribution in [0.5, 0.6) is 23.0 Å². The fourth-order valence-electron chi connectivity index (χ4n) is 4.72. The van der Waals surface area contributed by atoms with Crippen molar-refractivity contribution in [1.82, 2.24) is 0 Å². The second-order valence-corrected chi connectivity index (χ2v) is 9.66. The van der Waals surface area contributed by atoms with E-state index in [-0.39, 0.29) is 35.8 Å². The molecule has 2 aromatic rings. The highest BCUT2D eigenvalue weighted by atomic mass is 19.4. The van der Waals surface area contributed by atoms with Crippen LogP contribution in [0.15, 0.2) is 24.3 Å². The summed E-state index contributed by atoms with van der Waals surface area (Å²) in [4.78, 5) is 13.9. The molecule has 0 spiro atoms. The Balaban J connectivity index is 1.83. The average Bonchev–Trinajstić information content (AvgIpc) is 3.65. The van der Waals surface area contributed by atoms with Crippen molar-refractivity contribution in [2.24, 2.45) is 11.8 Å². The fraction of sp³-hybridized carbons (Fsp3) is 0.480. The van der Waals surface area contributed by atoms with E-state index in [1.165, 1.54) is 0 Å². The van der Waals surface area contributed by atoms with Gasteiger partial charge in [0, 0.05) is 23.0 Å². The summed E-state index contributed by atoms with van der Waals surface area (Å²) in [6.07, 6.45) is -7.34. The molecule has 36 heavy (non-hydrogen) atoms. The Kier molecular flexibility index (Phi) is 6.55. The number of rotatable bonds is 8. The van der Waals surface area contributed by atoms with Crippen LogP contribution in [0.3, 0.4) is 0 Å². The molecule has 0 aromatic heterocycles. The van der Waals surface area contributed by atoms with Crippen LogP contribution in [-0.2, 0) is 17.1 Å². The van der Waals surface area contributed by atoms with Crippen molar-refractivity contribution in [3.8, 4) is 23.0 Å². The highest BCUT2D eigenvalue weighted by molar-refractivity contribution is 5.93. The first-order chi connectivity index (χ1) is 16.7. The number of Topliss-reactive ketones (excluding diaryl/α,β-unsaturated/α-hetero) is 1. The minimum atomic E-state index is -5.12. The van der Waals surface area contributed by atoms with E-state index < -0.39 is 64.1 Å². The predicted octanol–water partition coefficient (Wildman–Crippen LogP) is 6.58. The van der Waals surface area contributed by atoms with Gasteiger partial charge in [0.25, 0.3) is 0 Å². The lowest BCUT2D eigenvalue weighted by Gasteiger charge is -2.26. The van der Waals surface area contributed by atoms with Gasteiger partial charge in [0.15, 0.2) is 0 Å². The van der Waals surface area contributed by atoms with E-state index in [1.54, 1.807) is 0 Å². The van der Waals surface area contributed by atoms with Crippen LogP contribution in [0.1, 0.15) is 72.6 Å². The zero-order chi connectivity index (χ0) is 26.6. The number of carbonyl (C=O) groups is 1. The summed E-state index contributed by atoms with van der Waals surface area (Å²) in [6, 6.07) is 3.47. The normalized spacial score (nSPS) is 18.2. The third-order valence-corrected chi connectivity index (χ3v) is 6.91. The van der Waals surface area contributed by atoms with E-state index in [4.69, 9.17) is 0 Å². The number of phenolic OH excluding ortho intramolecular Hbond substituents is 4. The molecular formula is C25H24F6O5. The number of phenols is 4. The zero-order valence-electron chi connectivity index (χ0n) is 18.8. The molecule has 2 fully saturated rings. The molecule has 2 aliphatic rings. The van der Waals surface area contributed by atoms with Gasteiger partial charge < -0.3 is 20.4 Å². The van der Waals surface area contributed by atoms with Crippen LogP contribution in [0.2, 0.25) is 0 Å². The Morgan fingerprint density at radius 3 is 1.31 bits per heavy atom. The van der Waals surface area contributed by atoms with Crippen molar-refractivity contribution in [3.63, 3.8) is 0 Å². The highest BCUT2D eigenvalue weighted by Crippen LogP contribution is 2.52. The lowest BCUT2D eigenvalue weighted by Crippen LogP contribution is -2.23. The van der Waals surface area contributed by atoms with Crippen LogP contribution in [0.4, 0.5) is 26.3 Å². The summed E-state index contributed by atoms with van der Waals surface area (Å²) in [5.74, 6) is -8.48. The van der Waals surface area contributed by atoms with Crippen LogP contribution in [-0.4, -0.2) is 26.2 Å². The summed E-state index contributed by atoms with van der Waals surface area (Å²) < 4.78 is 81.1. The number of alkyl halides is 6. The Morgan fingerprint density at radius 1 is 0.694 bits per heavy atom. The number of carbonyl (C=O) groups excluding carboxylic acids is 1. The summed E-state index contributed by atoms with van der Waals surface area (Å²) in [6.45, 7) is 0. The highest BCUT2D eigenvalue weighted by Gasteiger charge is 2.45. The third kappa shape index (κ3) is 5.19. The first-order valence-corrected chi connectivity index (χ1v) is 11.5. The number of hydrogen-bond acceptors (Lipinski definition) is 5. The third-order valence-electron chi connectivity index (χ3n) is 6.91.